The number of hydrogen-bond acceptors (Lipinski definition) is 2. The van der Waals surface area contributed by atoms with Gasteiger partial charge >= 0.3 is 0 Å². The molecule has 0 saturated carbocycles. The molecular weight excluding hydrogens is 148 g/mol. The largest absolute Gasteiger partial charge is 0.378 e. The highest BCUT2D eigenvalue weighted by molar-refractivity contribution is 4.86. The summed E-state index contributed by atoms with van der Waals surface area (Å²) >= 11 is 0. The van der Waals surface area contributed by atoms with E-state index in [-0.39, 0.29) is 0 Å². The van der Waals surface area contributed by atoms with Crippen molar-refractivity contribution < 1.29 is 0 Å². The molecule has 0 aromatic rings. The quantitative estimate of drug-likeness (QED) is 0.688. The van der Waals surface area contributed by atoms with Gasteiger partial charge in [-0.05, 0) is 38.6 Å². The average Bonchev–Trinajstić information content (AvgIpc) is 2.15. The van der Waals surface area contributed by atoms with Crippen LogP contribution in [0.25, 0.3) is 0 Å². The number of nitrogens with one attached hydrogen (secondary N) is 1. The molecule has 0 unspecified atom stereocenters. The molecule has 70 valence electrons. The lowest BCUT2D eigenvalue weighted by atomic mass is 10.1. The molecule has 0 aromatic carbocycles. The summed E-state index contributed by atoms with van der Waals surface area (Å²) in [6.07, 6.45) is 8.14. The van der Waals surface area contributed by atoms with Gasteiger partial charge in [-0.25, -0.2) is 0 Å². The first-order valence-corrected chi connectivity index (χ1v) is 4.94. The van der Waals surface area contributed by atoms with Crippen LogP contribution in [0.1, 0.15) is 26.2 Å². The molecule has 1 aliphatic rings. The van der Waals surface area contributed by atoms with Crippen molar-refractivity contribution in [1.82, 2.24) is 10.2 Å². The molecule has 1 saturated heterocycles. The van der Waals surface area contributed by atoms with E-state index in [1.54, 1.807) is 0 Å². The van der Waals surface area contributed by atoms with Gasteiger partial charge in [0.2, 0.25) is 0 Å². The van der Waals surface area contributed by atoms with E-state index in [4.69, 9.17) is 0 Å². The van der Waals surface area contributed by atoms with Gasteiger partial charge in [-0.15, -0.1) is 0 Å². The van der Waals surface area contributed by atoms with E-state index >= 15 is 0 Å². The molecule has 1 N–H and O–H groups in total. The van der Waals surface area contributed by atoms with Crippen molar-refractivity contribution in [3.8, 4) is 0 Å². The zero-order chi connectivity index (χ0) is 8.81. The molecule has 2 nitrogen and oxygen atoms in total. The zero-order valence-corrected chi connectivity index (χ0v) is 8.21. The summed E-state index contributed by atoms with van der Waals surface area (Å²) in [6, 6.07) is 0.758. The minimum Gasteiger partial charge on any atom is -0.378 e. The van der Waals surface area contributed by atoms with E-state index in [0.717, 1.165) is 12.5 Å². The molecule has 1 heterocycles. The van der Waals surface area contributed by atoms with E-state index < -0.39 is 0 Å². The van der Waals surface area contributed by atoms with E-state index in [1.165, 1.54) is 25.9 Å². The van der Waals surface area contributed by atoms with E-state index in [9.17, 15) is 0 Å². The molecule has 0 radical (unpaired) electrons. The van der Waals surface area contributed by atoms with Crippen molar-refractivity contribution >= 4 is 0 Å². The highest BCUT2D eigenvalue weighted by atomic mass is 15.1. The standard InChI is InChI=1S/C10H20N2/c1-3-4-9-12(2)10-5-7-11-8-6-10/h4,9-11H,3,5-8H2,1-2H3/b9-4-. The van der Waals surface area contributed by atoms with Crippen LogP contribution < -0.4 is 5.32 Å². The van der Waals surface area contributed by atoms with Crippen molar-refractivity contribution in [2.75, 3.05) is 20.1 Å². The van der Waals surface area contributed by atoms with Crippen LogP contribution in [-0.4, -0.2) is 31.1 Å². The van der Waals surface area contributed by atoms with Crippen LogP contribution in [0.3, 0.4) is 0 Å². The monoisotopic (exact) mass is 168 g/mol. The van der Waals surface area contributed by atoms with Crippen molar-refractivity contribution in [1.29, 1.82) is 0 Å². The smallest absolute Gasteiger partial charge is 0.0305 e. The van der Waals surface area contributed by atoms with Gasteiger partial charge in [0.1, 0.15) is 0 Å². The Morgan fingerprint density at radius 1 is 1.42 bits per heavy atom. The maximum absolute atomic E-state index is 3.37. The maximum atomic E-state index is 3.37. The van der Waals surface area contributed by atoms with Gasteiger partial charge in [0, 0.05) is 13.1 Å². The second-order valence-electron chi connectivity index (χ2n) is 3.44. The molecule has 0 amide bonds. The Morgan fingerprint density at radius 2 is 2.08 bits per heavy atom. The molecule has 0 atom stereocenters. The van der Waals surface area contributed by atoms with Gasteiger partial charge in [0.25, 0.3) is 0 Å². The van der Waals surface area contributed by atoms with Gasteiger partial charge in [-0.3, -0.25) is 0 Å². The van der Waals surface area contributed by atoms with Crippen molar-refractivity contribution in [3.63, 3.8) is 0 Å². The van der Waals surface area contributed by atoms with E-state index in [0.29, 0.717) is 0 Å². The van der Waals surface area contributed by atoms with Gasteiger partial charge in [-0.2, -0.15) is 0 Å². The minimum atomic E-state index is 0.758. The fraction of sp³-hybridized carbons (Fsp3) is 0.800. The molecule has 1 fully saturated rings. The number of piperidine rings is 1. The lowest BCUT2D eigenvalue weighted by molar-refractivity contribution is 0.263. The van der Waals surface area contributed by atoms with E-state index in [1.807, 2.05) is 0 Å². The molecule has 0 aromatic heterocycles. The van der Waals surface area contributed by atoms with Gasteiger partial charge in [-0.1, -0.05) is 13.0 Å². The Kier molecular flexibility index (Phi) is 4.15. The Hall–Kier alpha value is -0.500. The molecule has 0 spiro atoms. The molecule has 12 heavy (non-hydrogen) atoms. The minimum absolute atomic E-state index is 0.758. The van der Waals surface area contributed by atoms with Crippen LogP contribution in [0.15, 0.2) is 12.3 Å². The second kappa shape index (κ2) is 5.20. The Labute approximate surface area is 75.6 Å². The molecule has 1 aliphatic heterocycles. The molecule has 1 rings (SSSR count). The Morgan fingerprint density at radius 3 is 2.67 bits per heavy atom. The summed E-state index contributed by atoms with van der Waals surface area (Å²) in [6.45, 7) is 4.52. The summed E-state index contributed by atoms with van der Waals surface area (Å²) in [5.41, 5.74) is 0. The first kappa shape index (κ1) is 9.59. The lowest BCUT2D eigenvalue weighted by Crippen LogP contribution is -2.38. The summed E-state index contributed by atoms with van der Waals surface area (Å²) in [4.78, 5) is 2.35. The molecule has 0 aliphatic carbocycles. The predicted octanol–water partition coefficient (Wildman–Crippen LogP) is 1.59. The number of nitrogens with zero attached hydrogens (tertiary/aromatic N) is 1. The predicted molar refractivity (Wildman–Crippen MR) is 53.1 cm³/mol. The summed E-state index contributed by atoms with van der Waals surface area (Å²) in [5.74, 6) is 0. The fourth-order valence-electron chi connectivity index (χ4n) is 1.61. The third-order valence-corrected chi connectivity index (χ3v) is 2.46. The van der Waals surface area contributed by atoms with Gasteiger partial charge in [0.15, 0.2) is 0 Å². The van der Waals surface area contributed by atoms with Gasteiger partial charge in [0.05, 0.1) is 0 Å². The van der Waals surface area contributed by atoms with Crippen LogP contribution in [-0.2, 0) is 0 Å². The number of hydrogen-bond donors (Lipinski definition) is 1. The van der Waals surface area contributed by atoms with Crippen LogP contribution in [0.2, 0.25) is 0 Å². The summed E-state index contributed by atoms with van der Waals surface area (Å²) < 4.78 is 0. The fourth-order valence-corrected chi connectivity index (χ4v) is 1.61. The normalized spacial score (nSPS) is 20.2. The van der Waals surface area contributed by atoms with Crippen LogP contribution >= 0.6 is 0 Å². The van der Waals surface area contributed by atoms with Gasteiger partial charge < -0.3 is 10.2 Å². The number of rotatable bonds is 3. The second-order valence-corrected chi connectivity index (χ2v) is 3.44. The van der Waals surface area contributed by atoms with E-state index in [2.05, 4.69) is 36.5 Å². The molecular formula is C10H20N2. The maximum Gasteiger partial charge on any atom is 0.0305 e. The van der Waals surface area contributed by atoms with Crippen LogP contribution in [0.5, 0.6) is 0 Å². The SMILES string of the molecule is CC/C=C\N(C)C1CCNCC1. The topological polar surface area (TPSA) is 15.3 Å². The van der Waals surface area contributed by atoms with Crippen LogP contribution in [0, 0.1) is 0 Å². The highest BCUT2D eigenvalue weighted by Crippen LogP contribution is 2.09. The Balaban J connectivity index is 2.29. The lowest BCUT2D eigenvalue weighted by Gasteiger charge is -2.30. The van der Waals surface area contributed by atoms with Crippen molar-refractivity contribution in [3.05, 3.63) is 12.3 Å². The molecule has 0 bridgehead atoms. The third kappa shape index (κ3) is 2.86. The van der Waals surface area contributed by atoms with Crippen molar-refractivity contribution in [2.24, 2.45) is 0 Å². The summed E-state index contributed by atoms with van der Waals surface area (Å²) in [7, 11) is 2.18. The number of allylic oxidation sites excluding steroid dienone is 1. The molecule has 2 heteroatoms. The summed E-state index contributed by atoms with van der Waals surface area (Å²) in [5, 5.41) is 3.37. The average molecular weight is 168 g/mol. The van der Waals surface area contributed by atoms with Crippen LogP contribution in [0.4, 0.5) is 0 Å². The van der Waals surface area contributed by atoms with Crippen molar-refractivity contribution in [2.45, 2.75) is 32.2 Å². The first-order chi connectivity index (χ1) is 5.84. The third-order valence-electron chi connectivity index (χ3n) is 2.46. The first-order valence-electron chi connectivity index (χ1n) is 4.94. The zero-order valence-electron chi connectivity index (χ0n) is 8.21. The Bertz CT molecular complexity index is 137. The highest BCUT2D eigenvalue weighted by Gasteiger charge is 2.14.